The molecule has 0 heterocycles. The molecule has 0 saturated carbocycles. The number of hydrogen-bond acceptors (Lipinski definition) is 4. The van der Waals surface area contributed by atoms with Gasteiger partial charge in [0.25, 0.3) is 0 Å². The van der Waals surface area contributed by atoms with Gasteiger partial charge in [-0.1, -0.05) is 0 Å². The highest BCUT2D eigenvalue weighted by molar-refractivity contribution is 6.00. The molecule has 7 heteroatoms. The van der Waals surface area contributed by atoms with E-state index < -0.39 is 6.03 Å². The molecule has 7 nitrogen and oxygen atoms in total. The van der Waals surface area contributed by atoms with Crippen molar-refractivity contribution in [1.82, 2.24) is 0 Å². The van der Waals surface area contributed by atoms with Crippen molar-refractivity contribution in [1.29, 1.82) is 0 Å². The van der Waals surface area contributed by atoms with Crippen LogP contribution in [0.5, 0.6) is 11.5 Å². The van der Waals surface area contributed by atoms with Crippen molar-refractivity contribution >= 4 is 29.0 Å². The molecule has 0 aromatic heterocycles. The van der Waals surface area contributed by atoms with E-state index in [1.165, 1.54) is 21.1 Å². The smallest absolute Gasteiger partial charge is 0.323 e. The van der Waals surface area contributed by atoms with E-state index in [9.17, 15) is 9.59 Å². The van der Waals surface area contributed by atoms with Gasteiger partial charge < -0.3 is 25.4 Å². The average Bonchev–Trinajstić information content (AvgIpc) is 2.55. The third-order valence-corrected chi connectivity index (χ3v) is 3.07. The molecule has 126 valence electrons. The summed E-state index contributed by atoms with van der Waals surface area (Å²) >= 11 is 0. The highest BCUT2D eigenvalue weighted by Gasteiger charge is 2.06. The van der Waals surface area contributed by atoms with Crippen molar-refractivity contribution in [3.63, 3.8) is 0 Å². The summed E-state index contributed by atoms with van der Waals surface area (Å²) in [5.41, 5.74) is 1.79. The summed E-state index contributed by atoms with van der Waals surface area (Å²) in [6, 6.07) is 11.5. The lowest BCUT2D eigenvalue weighted by Gasteiger charge is -2.11. The Kier molecular flexibility index (Phi) is 5.62. The first kappa shape index (κ1) is 17.1. The fraction of sp³-hybridized carbons (Fsp3) is 0.176. The van der Waals surface area contributed by atoms with Crippen LogP contribution >= 0.6 is 0 Å². The van der Waals surface area contributed by atoms with Crippen LogP contribution in [0.2, 0.25) is 0 Å². The molecule has 0 unspecified atom stereocenters. The van der Waals surface area contributed by atoms with Gasteiger partial charge in [-0.15, -0.1) is 0 Å². The van der Waals surface area contributed by atoms with Gasteiger partial charge in [0.2, 0.25) is 5.91 Å². The zero-order chi connectivity index (χ0) is 17.5. The summed E-state index contributed by atoms with van der Waals surface area (Å²) in [5, 5.41) is 8.06. The maximum absolute atomic E-state index is 12.1. The second-order valence-electron chi connectivity index (χ2n) is 4.94. The zero-order valence-corrected chi connectivity index (χ0v) is 13.7. The summed E-state index contributed by atoms with van der Waals surface area (Å²) in [5.74, 6) is 0.994. The fourth-order valence-electron chi connectivity index (χ4n) is 2.01. The molecule has 2 aromatic carbocycles. The van der Waals surface area contributed by atoms with E-state index in [0.717, 1.165) is 0 Å². The van der Waals surface area contributed by atoms with E-state index in [-0.39, 0.29) is 5.91 Å². The van der Waals surface area contributed by atoms with Crippen LogP contribution in [0.1, 0.15) is 6.92 Å². The largest absolute Gasteiger partial charge is 0.497 e. The van der Waals surface area contributed by atoms with Crippen LogP contribution in [0.3, 0.4) is 0 Å². The highest BCUT2D eigenvalue weighted by Crippen LogP contribution is 2.26. The maximum atomic E-state index is 12.1. The van der Waals surface area contributed by atoms with Crippen LogP contribution in [0.4, 0.5) is 21.9 Å². The molecule has 2 aromatic rings. The lowest BCUT2D eigenvalue weighted by atomic mass is 10.2. The second kappa shape index (κ2) is 7.87. The molecule has 2 rings (SSSR count). The summed E-state index contributed by atoms with van der Waals surface area (Å²) in [7, 11) is 3.07. The number of amides is 3. The number of urea groups is 1. The van der Waals surface area contributed by atoms with Gasteiger partial charge in [-0.2, -0.15) is 0 Å². The minimum absolute atomic E-state index is 0.152. The Labute approximate surface area is 140 Å². The number of anilines is 3. The molecule has 3 N–H and O–H groups in total. The summed E-state index contributed by atoms with van der Waals surface area (Å²) in [6.45, 7) is 1.43. The van der Waals surface area contributed by atoms with Crippen molar-refractivity contribution < 1.29 is 19.1 Å². The molecule has 0 aliphatic heterocycles. The highest BCUT2D eigenvalue weighted by atomic mass is 16.5. The minimum Gasteiger partial charge on any atom is -0.497 e. The Hall–Kier alpha value is -3.22. The first-order valence-electron chi connectivity index (χ1n) is 7.19. The van der Waals surface area contributed by atoms with Crippen LogP contribution in [-0.4, -0.2) is 26.2 Å². The summed E-state index contributed by atoms with van der Waals surface area (Å²) < 4.78 is 10.3. The number of benzene rings is 2. The van der Waals surface area contributed by atoms with E-state index in [0.29, 0.717) is 28.6 Å². The topological polar surface area (TPSA) is 88.7 Å². The van der Waals surface area contributed by atoms with Crippen molar-refractivity contribution in [2.75, 3.05) is 30.2 Å². The Morgan fingerprint density at radius 1 is 0.750 bits per heavy atom. The van der Waals surface area contributed by atoms with Crippen molar-refractivity contribution in [2.24, 2.45) is 0 Å². The monoisotopic (exact) mass is 329 g/mol. The lowest BCUT2D eigenvalue weighted by molar-refractivity contribution is -0.114. The van der Waals surface area contributed by atoms with Crippen LogP contribution in [0, 0.1) is 0 Å². The number of carbonyl (C=O) groups is 2. The lowest BCUT2D eigenvalue weighted by Crippen LogP contribution is -2.19. The summed E-state index contributed by atoms with van der Waals surface area (Å²) in [4.78, 5) is 23.0. The van der Waals surface area contributed by atoms with Gasteiger partial charge in [0.05, 0.1) is 14.2 Å². The molecule has 0 saturated heterocycles. The van der Waals surface area contributed by atoms with Crippen LogP contribution < -0.4 is 25.4 Å². The predicted molar refractivity (Wildman–Crippen MR) is 92.9 cm³/mol. The molecule has 0 radical (unpaired) electrons. The van der Waals surface area contributed by atoms with E-state index in [2.05, 4.69) is 16.0 Å². The Balaban J connectivity index is 2.01. The Morgan fingerprint density at radius 2 is 1.21 bits per heavy atom. The number of methoxy groups -OCH3 is 2. The van der Waals surface area contributed by atoms with Crippen molar-refractivity contribution in [2.45, 2.75) is 6.92 Å². The standard InChI is InChI=1S/C17H19N3O4/c1-11(21)18-12-4-6-13(7-5-12)19-17(22)20-14-8-15(23-2)10-16(9-14)24-3/h4-10H,1-3H3,(H,18,21)(H2,19,20,22). The summed E-state index contributed by atoms with van der Waals surface area (Å²) in [6.07, 6.45) is 0. The number of carbonyl (C=O) groups excluding carboxylic acids is 2. The molecule has 0 bridgehead atoms. The molecule has 0 atom stereocenters. The van der Waals surface area contributed by atoms with E-state index in [1.807, 2.05) is 0 Å². The normalized spacial score (nSPS) is 9.79. The van der Waals surface area contributed by atoms with Gasteiger partial charge in [0, 0.05) is 42.2 Å². The van der Waals surface area contributed by atoms with Gasteiger partial charge in [0.15, 0.2) is 0 Å². The van der Waals surface area contributed by atoms with Gasteiger partial charge in [-0.25, -0.2) is 4.79 Å². The molecule has 0 aliphatic carbocycles. The van der Waals surface area contributed by atoms with Gasteiger partial charge >= 0.3 is 6.03 Å². The molecule has 24 heavy (non-hydrogen) atoms. The predicted octanol–water partition coefficient (Wildman–Crippen LogP) is 3.31. The van der Waals surface area contributed by atoms with E-state index >= 15 is 0 Å². The van der Waals surface area contributed by atoms with Crippen LogP contribution in [-0.2, 0) is 4.79 Å². The van der Waals surface area contributed by atoms with Gasteiger partial charge in [-0.05, 0) is 24.3 Å². The average molecular weight is 329 g/mol. The molecule has 3 amide bonds. The van der Waals surface area contributed by atoms with Gasteiger partial charge in [0.1, 0.15) is 11.5 Å². The molecular formula is C17H19N3O4. The quantitative estimate of drug-likeness (QED) is 0.785. The fourth-order valence-corrected chi connectivity index (χ4v) is 2.01. The van der Waals surface area contributed by atoms with Gasteiger partial charge in [-0.3, -0.25) is 4.79 Å². The van der Waals surface area contributed by atoms with E-state index in [4.69, 9.17) is 9.47 Å². The third kappa shape index (κ3) is 4.91. The van der Waals surface area contributed by atoms with Crippen LogP contribution in [0.25, 0.3) is 0 Å². The molecule has 0 fully saturated rings. The number of hydrogen-bond donors (Lipinski definition) is 3. The molecule has 0 spiro atoms. The molecular weight excluding hydrogens is 310 g/mol. The molecule has 0 aliphatic rings. The minimum atomic E-state index is -0.405. The van der Waals surface area contributed by atoms with Crippen LogP contribution in [0.15, 0.2) is 42.5 Å². The number of nitrogens with one attached hydrogen (secondary N) is 3. The SMILES string of the molecule is COc1cc(NC(=O)Nc2ccc(NC(C)=O)cc2)cc(OC)c1. The van der Waals surface area contributed by atoms with E-state index in [1.54, 1.807) is 42.5 Å². The second-order valence-corrected chi connectivity index (χ2v) is 4.94. The zero-order valence-electron chi connectivity index (χ0n) is 13.7. The van der Waals surface area contributed by atoms with Crippen molar-refractivity contribution in [3.05, 3.63) is 42.5 Å². The maximum Gasteiger partial charge on any atom is 0.323 e. The number of rotatable bonds is 5. The Morgan fingerprint density at radius 3 is 1.67 bits per heavy atom. The number of ether oxygens (including phenoxy) is 2. The first-order chi connectivity index (χ1) is 11.5. The third-order valence-electron chi connectivity index (χ3n) is 3.07. The Bertz CT molecular complexity index is 707. The van der Waals surface area contributed by atoms with Crippen molar-refractivity contribution in [3.8, 4) is 11.5 Å². The first-order valence-corrected chi connectivity index (χ1v) is 7.19.